The number of hydrogen-bond donors (Lipinski definition) is 2. The molecule has 0 aliphatic rings. The number of nitrogens with zero attached hydrogens (tertiary/aromatic N) is 4. The van der Waals surface area contributed by atoms with Crippen molar-refractivity contribution in [1.29, 1.82) is 0 Å². The molecule has 0 atom stereocenters. The molecule has 0 spiro atoms. The maximum absolute atomic E-state index is 12.4. The highest BCUT2D eigenvalue weighted by molar-refractivity contribution is 7.80. The quantitative estimate of drug-likeness (QED) is 0.433. The van der Waals surface area contributed by atoms with Gasteiger partial charge in [0.1, 0.15) is 5.01 Å². The first-order chi connectivity index (χ1) is 13.9. The minimum Gasteiger partial charge on any atom is -0.332 e. The van der Waals surface area contributed by atoms with Gasteiger partial charge in [0.2, 0.25) is 4.96 Å². The molecule has 0 bridgehead atoms. The van der Waals surface area contributed by atoms with E-state index in [9.17, 15) is 4.79 Å². The standard InChI is InChI=1S/C18H12Cl2N6OS2/c1-9-23-24-18-26(9)25-16(29-18)11-4-2-3-5-14(11)21-17(28)22-15(27)10-6-7-12(19)13(20)8-10/h2-8H,1H3,(H2,21,22,27,28). The molecular formula is C18H12Cl2N6OS2. The number of nitrogens with one attached hydrogen (secondary N) is 2. The molecule has 0 aliphatic heterocycles. The average molecular weight is 463 g/mol. The first-order valence-electron chi connectivity index (χ1n) is 8.28. The number of amides is 1. The van der Waals surface area contributed by atoms with Crippen LogP contribution in [0.4, 0.5) is 5.69 Å². The lowest BCUT2D eigenvalue weighted by Crippen LogP contribution is -2.34. The number of fused-ring (bicyclic) bond motifs is 1. The maximum Gasteiger partial charge on any atom is 0.257 e. The van der Waals surface area contributed by atoms with Gasteiger partial charge < -0.3 is 5.32 Å². The fourth-order valence-electron chi connectivity index (χ4n) is 2.57. The molecule has 2 N–H and O–H groups in total. The number of carbonyl (C=O) groups is 1. The van der Waals surface area contributed by atoms with E-state index < -0.39 is 5.91 Å². The Bertz CT molecular complexity index is 1250. The molecule has 0 aliphatic carbocycles. The summed E-state index contributed by atoms with van der Waals surface area (Å²) in [4.78, 5) is 13.1. The van der Waals surface area contributed by atoms with Crippen LogP contribution in [-0.2, 0) is 0 Å². The van der Waals surface area contributed by atoms with E-state index in [1.807, 2.05) is 31.2 Å². The second-order valence-corrected chi connectivity index (χ2v) is 8.11. The second-order valence-electron chi connectivity index (χ2n) is 5.93. The number of aryl methyl sites for hydroxylation is 1. The molecule has 0 unspecified atom stereocenters. The van der Waals surface area contributed by atoms with Crippen LogP contribution in [0.1, 0.15) is 16.2 Å². The van der Waals surface area contributed by atoms with E-state index in [0.717, 1.165) is 10.6 Å². The monoisotopic (exact) mass is 462 g/mol. The number of aromatic nitrogens is 4. The van der Waals surface area contributed by atoms with Gasteiger partial charge in [0.05, 0.1) is 15.7 Å². The Hall–Kier alpha value is -2.59. The van der Waals surface area contributed by atoms with Crippen molar-refractivity contribution in [2.75, 3.05) is 5.32 Å². The SMILES string of the molecule is Cc1nnc2sc(-c3ccccc3NC(=S)NC(=O)c3ccc(Cl)c(Cl)c3)nn12. The van der Waals surface area contributed by atoms with Gasteiger partial charge in [-0.15, -0.1) is 10.2 Å². The number of benzene rings is 2. The van der Waals surface area contributed by atoms with Crippen LogP contribution in [0.15, 0.2) is 42.5 Å². The fourth-order valence-corrected chi connectivity index (χ4v) is 3.99. The highest BCUT2D eigenvalue weighted by Gasteiger charge is 2.15. The Kier molecular flexibility index (Phi) is 5.46. The third-order valence-electron chi connectivity index (χ3n) is 3.96. The van der Waals surface area contributed by atoms with Crippen LogP contribution in [0.3, 0.4) is 0 Å². The van der Waals surface area contributed by atoms with E-state index in [2.05, 4.69) is 25.9 Å². The lowest BCUT2D eigenvalue weighted by atomic mass is 10.2. The molecule has 0 fully saturated rings. The lowest BCUT2D eigenvalue weighted by Gasteiger charge is -2.12. The van der Waals surface area contributed by atoms with E-state index >= 15 is 0 Å². The molecule has 11 heteroatoms. The van der Waals surface area contributed by atoms with Gasteiger partial charge in [-0.2, -0.15) is 9.61 Å². The number of halogens is 2. The minimum atomic E-state index is -0.395. The predicted octanol–water partition coefficient (Wildman–Crippen LogP) is 4.59. The molecule has 7 nitrogen and oxygen atoms in total. The number of para-hydroxylation sites is 1. The zero-order valence-corrected chi connectivity index (χ0v) is 18.0. The van der Waals surface area contributed by atoms with Crippen LogP contribution in [0, 0.1) is 6.92 Å². The molecule has 146 valence electrons. The van der Waals surface area contributed by atoms with E-state index in [0.29, 0.717) is 32.1 Å². The van der Waals surface area contributed by atoms with Gasteiger partial charge in [0, 0.05) is 11.1 Å². The number of rotatable bonds is 3. The summed E-state index contributed by atoms with van der Waals surface area (Å²) in [5.41, 5.74) is 1.88. The molecule has 0 radical (unpaired) electrons. The van der Waals surface area contributed by atoms with Crippen molar-refractivity contribution in [1.82, 2.24) is 25.1 Å². The first-order valence-corrected chi connectivity index (χ1v) is 10.3. The Balaban J connectivity index is 1.54. The van der Waals surface area contributed by atoms with Gasteiger partial charge in [-0.1, -0.05) is 46.7 Å². The van der Waals surface area contributed by atoms with Gasteiger partial charge in [-0.05, 0) is 49.5 Å². The van der Waals surface area contributed by atoms with Crippen LogP contribution >= 0.6 is 46.8 Å². The molecule has 4 aromatic rings. The number of hydrogen-bond acceptors (Lipinski definition) is 6. The van der Waals surface area contributed by atoms with Crippen LogP contribution in [0.5, 0.6) is 0 Å². The summed E-state index contributed by atoms with van der Waals surface area (Å²) in [6.07, 6.45) is 0. The summed E-state index contributed by atoms with van der Waals surface area (Å²) in [5.74, 6) is 0.310. The number of thiocarbonyl (C=S) groups is 1. The van der Waals surface area contributed by atoms with Crippen molar-refractivity contribution in [3.63, 3.8) is 0 Å². The molecule has 0 saturated heterocycles. The molecular weight excluding hydrogens is 451 g/mol. The maximum atomic E-state index is 12.4. The smallest absolute Gasteiger partial charge is 0.257 e. The minimum absolute atomic E-state index is 0.146. The van der Waals surface area contributed by atoms with Crippen LogP contribution < -0.4 is 10.6 Å². The van der Waals surface area contributed by atoms with E-state index in [1.54, 1.807) is 16.6 Å². The Morgan fingerprint density at radius 1 is 1.14 bits per heavy atom. The van der Waals surface area contributed by atoms with E-state index in [1.165, 1.54) is 17.4 Å². The van der Waals surface area contributed by atoms with Gasteiger partial charge in [0.25, 0.3) is 5.91 Å². The molecule has 2 aromatic carbocycles. The molecule has 2 aromatic heterocycles. The Labute approximate surface area is 184 Å². The predicted molar refractivity (Wildman–Crippen MR) is 119 cm³/mol. The number of anilines is 1. The van der Waals surface area contributed by atoms with E-state index in [-0.39, 0.29) is 5.11 Å². The Morgan fingerprint density at radius 2 is 1.93 bits per heavy atom. The summed E-state index contributed by atoms with van der Waals surface area (Å²) in [6.45, 7) is 1.83. The normalized spacial score (nSPS) is 10.9. The van der Waals surface area contributed by atoms with Crippen molar-refractivity contribution in [2.45, 2.75) is 6.92 Å². The molecule has 4 rings (SSSR count). The van der Waals surface area contributed by atoms with Gasteiger partial charge in [-0.3, -0.25) is 10.1 Å². The fraction of sp³-hybridized carbons (Fsp3) is 0.0556. The van der Waals surface area contributed by atoms with Gasteiger partial charge in [0.15, 0.2) is 10.9 Å². The topological polar surface area (TPSA) is 84.2 Å². The third kappa shape index (κ3) is 4.08. The zero-order chi connectivity index (χ0) is 20.5. The summed E-state index contributed by atoms with van der Waals surface area (Å²) in [7, 11) is 0. The van der Waals surface area contributed by atoms with E-state index in [4.69, 9.17) is 35.4 Å². The largest absolute Gasteiger partial charge is 0.332 e. The molecule has 0 saturated carbocycles. The molecule has 29 heavy (non-hydrogen) atoms. The second kappa shape index (κ2) is 8.03. The average Bonchev–Trinajstić information content (AvgIpc) is 3.26. The van der Waals surface area contributed by atoms with Crippen LogP contribution in [0.25, 0.3) is 15.5 Å². The third-order valence-corrected chi connectivity index (χ3v) is 5.84. The van der Waals surface area contributed by atoms with Crippen molar-refractivity contribution in [2.24, 2.45) is 0 Å². The first kappa shape index (κ1) is 19.7. The summed E-state index contributed by atoms with van der Waals surface area (Å²) < 4.78 is 1.68. The highest BCUT2D eigenvalue weighted by Crippen LogP contribution is 2.31. The summed E-state index contributed by atoms with van der Waals surface area (Å²) in [6, 6.07) is 12.1. The number of carbonyl (C=O) groups excluding carboxylic acids is 1. The molecule has 2 heterocycles. The van der Waals surface area contributed by atoms with Gasteiger partial charge >= 0.3 is 0 Å². The Morgan fingerprint density at radius 3 is 2.69 bits per heavy atom. The van der Waals surface area contributed by atoms with Crippen molar-refractivity contribution >= 4 is 68.4 Å². The van der Waals surface area contributed by atoms with Crippen molar-refractivity contribution in [3.05, 3.63) is 63.9 Å². The summed E-state index contributed by atoms with van der Waals surface area (Å²) in [5, 5.41) is 19.9. The summed E-state index contributed by atoms with van der Waals surface area (Å²) >= 11 is 18.6. The highest BCUT2D eigenvalue weighted by atomic mass is 35.5. The van der Waals surface area contributed by atoms with Crippen LogP contribution in [0.2, 0.25) is 10.0 Å². The van der Waals surface area contributed by atoms with Crippen molar-refractivity contribution < 1.29 is 4.79 Å². The lowest BCUT2D eigenvalue weighted by molar-refractivity contribution is 0.0977. The van der Waals surface area contributed by atoms with Crippen LogP contribution in [-0.4, -0.2) is 30.8 Å². The van der Waals surface area contributed by atoms with Crippen molar-refractivity contribution in [3.8, 4) is 10.6 Å². The van der Waals surface area contributed by atoms with Gasteiger partial charge in [-0.25, -0.2) is 0 Å². The zero-order valence-electron chi connectivity index (χ0n) is 14.8. The molecule has 1 amide bonds.